The van der Waals surface area contributed by atoms with Crippen LogP contribution in [0.2, 0.25) is 5.02 Å². The molecule has 1 aliphatic heterocycles. The minimum atomic E-state index is -1.63. The summed E-state index contributed by atoms with van der Waals surface area (Å²) >= 11 is 6.22. The number of allylic oxidation sites excluding steroid dienone is 2. The summed E-state index contributed by atoms with van der Waals surface area (Å²) in [5, 5.41) is 16.2. The number of rotatable bonds is 5. The molecule has 0 aromatic heterocycles. The Morgan fingerprint density at radius 2 is 1.89 bits per heavy atom. The molecule has 2 atom stereocenters. The summed E-state index contributed by atoms with van der Waals surface area (Å²) in [7, 11) is 1.33. The SMILES string of the molecule is COc1cc(O)c2c(c1C(=O)NCc1c(C)ccc3ccc(Cl)cc13)OC1=CC(=O)C(C(C)=O)C(=O)[C@]12C. The lowest BCUT2D eigenvalue weighted by Gasteiger charge is -2.30. The Morgan fingerprint density at radius 1 is 1.18 bits per heavy atom. The van der Waals surface area contributed by atoms with Crippen molar-refractivity contribution in [3.63, 3.8) is 0 Å². The molecular weight excluding hydrogens is 510 g/mol. The minimum absolute atomic E-state index is 0.00609. The van der Waals surface area contributed by atoms with E-state index in [1.807, 2.05) is 31.2 Å². The summed E-state index contributed by atoms with van der Waals surface area (Å²) in [6.45, 7) is 4.70. The molecule has 2 N–H and O–H groups in total. The van der Waals surface area contributed by atoms with E-state index >= 15 is 0 Å². The van der Waals surface area contributed by atoms with Gasteiger partial charge in [0.1, 0.15) is 39.9 Å². The van der Waals surface area contributed by atoms with Crippen molar-refractivity contribution in [1.29, 1.82) is 0 Å². The van der Waals surface area contributed by atoms with Gasteiger partial charge in [0, 0.05) is 23.7 Å². The zero-order chi connectivity index (χ0) is 27.5. The van der Waals surface area contributed by atoms with Crippen LogP contribution in [0.1, 0.15) is 40.9 Å². The zero-order valence-electron chi connectivity index (χ0n) is 21.1. The standard InChI is InChI=1S/C29H24ClNO7/c1-13-5-6-15-7-8-16(30)9-17(15)18(13)12-31-28(36)24-21(37-4)10-20(34)25-26(24)38-22-11-19(33)23(14(2)32)27(35)29(22,25)3/h5-11,23,34H,12H2,1-4H3,(H,31,36)/t23?,29-/m1/s1. The number of ketones is 3. The summed E-state index contributed by atoms with van der Waals surface area (Å²) in [6, 6.07) is 10.7. The van der Waals surface area contributed by atoms with Crippen LogP contribution >= 0.6 is 11.6 Å². The number of amides is 1. The van der Waals surface area contributed by atoms with Gasteiger partial charge in [-0.3, -0.25) is 19.2 Å². The first-order chi connectivity index (χ1) is 18.0. The van der Waals surface area contributed by atoms with Crippen LogP contribution in [-0.2, 0) is 26.3 Å². The van der Waals surface area contributed by atoms with E-state index in [1.54, 1.807) is 6.07 Å². The number of halogens is 1. The highest BCUT2D eigenvalue weighted by molar-refractivity contribution is 6.31. The number of nitrogens with one attached hydrogen (secondary N) is 1. The van der Waals surface area contributed by atoms with E-state index in [0.29, 0.717) is 5.02 Å². The Bertz CT molecular complexity index is 1620. The molecule has 0 saturated heterocycles. The van der Waals surface area contributed by atoms with Crippen LogP contribution < -0.4 is 14.8 Å². The molecule has 1 aliphatic carbocycles. The van der Waals surface area contributed by atoms with Gasteiger partial charge in [-0.15, -0.1) is 0 Å². The predicted octanol–water partition coefficient (Wildman–Crippen LogP) is 4.34. The van der Waals surface area contributed by atoms with E-state index in [9.17, 15) is 24.3 Å². The molecule has 1 amide bonds. The first kappa shape index (κ1) is 25.5. The van der Waals surface area contributed by atoms with E-state index in [4.69, 9.17) is 21.1 Å². The fourth-order valence-corrected chi connectivity index (χ4v) is 5.48. The molecule has 1 unspecified atom stereocenters. The Morgan fingerprint density at radius 3 is 2.58 bits per heavy atom. The molecule has 1 heterocycles. The molecule has 38 heavy (non-hydrogen) atoms. The van der Waals surface area contributed by atoms with E-state index in [0.717, 1.165) is 34.9 Å². The van der Waals surface area contributed by atoms with Gasteiger partial charge in [-0.2, -0.15) is 0 Å². The maximum absolute atomic E-state index is 13.6. The van der Waals surface area contributed by atoms with Gasteiger partial charge in [0.2, 0.25) is 0 Å². The van der Waals surface area contributed by atoms with E-state index < -0.39 is 34.6 Å². The third kappa shape index (κ3) is 3.67. The number of carbonyl (C=O) groups excluding carboxylic acids is 4. The fraction of sp³-hybridized carbons (Fsp3) is 0.241. The molecular formula is C29H24ClNO7. The largest absolute Gasteiger partial charge is 0.507 e. The van der Waals surface area contributed by atoms with Crippen molar-refractivity contribution in [3.05, 3.63) is 75.5 Å². The monoisotopic (exact) mass is 533 g/mol. The molecule has 0 spiro atoms. The number of Topliss-reactive ketones (excluding diaryl/α,β-unsaturated/α-hetero) is 2. The van der Waals surface area contributed by atoms with Crippen molar-refractivity contribution in [2.45, 2.75) is 32.7 Å². The van der Waals surface area contributed by atoms with Crippen LogP contribution in [0, 0.1) is 12.8 Å². The van der Waals surface area contributed by atoms with E-state index in [-0.39, 0.29) is 40.7 Å². The number of fused-ring (bicyclic) bond motifs is 4. The summed E-state index contributed by atoms with van der Waals surface area (Å²) in [4.78, 5) is 51.7. The third-order valence-electron chi connectivity index (χ3n) is 7.35. The lowest BCUT2D eigenvalue weighted by Crippen LogP contribution is -2.47. The van der Waals surface area contributed by atoms with Gasteiger partial charge in [0.05, 0.1) is 12.7 Å². The quantitative estimate of drug-likeness (QED) is 0.468. The van der Waals surface area contributed by atoms with Crippen LogP contribution in [0.15, 0.2) is 48.2 Å². The molecule has 194 valence electrons. The molecule has 0 radical (unpaired) electrons. The van der Waals surface area contributed by atoms with Crippen molar-refractivity contribution < 1.29 is 33.8 Å². The smallest absolute Gasteiger partial charge is 0.259 e. The summed E-state index contributed by atoms with van der Waals surface area (Å²) in [6.07, 6.45) is 1.09. The number of methoxy groups -OCH3 is 1. The highest BCUT2D eigenvalue weighted by Crippen LogP contribution is 2.56. The van der Waals surface area contributed by atoms with Crippen molar-refractivity contribution in [3.8, 4) is 17.2 Å². The van der Waals surface area contributed by atoms with Crippen LogP contribution in [0.25, 0.3) is 10.8 Å². The van der Waals surface area contributed by atoms with Crippen molar-refractivity contribution >= 4 is 45.6 Å². The second-order valence-corrected chi connectivity index (χ2v) is 10.1. The molecule has 3 aromatic rings. The van der Waals surface area contributed by atoms with Crippen molar-refractivity contribution in [1.82, 2.24) is 5.32 Å². The van der Waals surface area contributed by atoms with E-state index in [1.165, 1.54) is 20.1 Å². The number of aromatic hydroxyl groups is 1. The molecule has 8 nitrogen and oxygen atoms in total. The molecule has 0 saturated carbocycles. The van der Waals surface area contributed by atoms with Crippen LogP contribution in [0.4, 0.5) is 0 Å². The maximum atomic E-state index is 13.6. The number of aryl methyl sites for hydroxylation is 1. The number of phenols is 1. The average molecular weight is 534 g/mol. The van der Waals surface area contributed by atoms with Crippen molar-refractivity contribution in [2.24, 2.45) is 5.92 Å². The lowest BCUT2D eigenvalue weighted by molar-refractivity contribution is -0.140. The Kier molecular flexibility index (Phi) is 6.03. The zero-order valence-corrected chi connectivity index (χ0v) is 21.9. The maximum Gasteiger partial charge on any atom is 0.259 e. The first-order valence-corrected chi connectivity index (χ1v) is 12.3. The van der Waals surface area contributed by atoms with Gasteiger partial charge in [0.15, 0.2) is 17.3 Å². The van der Waals surface area contributed by atoms with E-state index in [2.05, 4.69) is 5.32 Å². The first-order valence-electron chi connectivity index (χ1n) is 11.9. The van der Waals surface area contributed by atoms with Crippen LogP contribution in [0.5, 0.6) is 17.2 Å². The second-order valence-electron chi connectivity index (χ2n) is 9.63. The number of benzene rings is 3. The Balaban J connectivity index is 1.59. The van der Waals surface area contributed by atoms with Gasteiger partial charge in [0.25, 0.3) is 5.91 Å². The number of hydrogen-bond donors (Lipinski definition) is 2. The Labute approximate surface area is 223 Å². The third-order valence-corrected chi connectivity index (χ3v) is 7.59. The van der Waals surface area contributed by atoms with Gasteiger partial charge in [-0.05, 0) is 54.8 Å². The molecule has 3 aromatic carbocycles. The highest BCUT2D eigenvalue weighted by atomic mass is 35.5. The number of hydrogen-bond acceptors (Lipinski definition) is 7. The number of ether oxygens (including phenoxy) is 2. The highest BCUT2D eigenvalue weighted by Gasteiger charge is 2.58. The average Bonchev–Trinajstić information content (AvgIpc) is 3.16. The summed E-state index contributed by atoms with van der Waals surface area (Å²) in [5.74, 6) is -4.63. The van der Waals surface area contributed by atoms with Crippen LogP contribution in [-0.4, -0.2) is 35.5 Å². The van der Waals surface area contributed by atoms with Gasteiger partial charge in [-0.1, -0.05) is 29.8 Å². The normalized spacial score (nSPS) is 19.9. The van der Waals surface area contributed by atoms with Gasteiger partial charge >= 0.3 is 0 Å². The molecule has 2 aliphatic rings. The molecule has 5 rings (SSSR count). The fourth-order valence-electron chi connectivity index (χ4n) is 5.31. The van der Waals surface area contributed by atoms with Crippen LogP contribution in [0.3, 0.4) is 0 Å². The lowest BCUT2D eigenvalue weighted by atomic mass is 9.67. The predicted molar refractivity (Wildman–Crippen MR) is 140 cm³/mol. The van der Waals surface area contributed by atoms with Crippen molar-refractivity contribution in [2.75, 3.05) is 7.11 Å². The number of carbonyl (C=O) groups is 4. The summed E-state index contributed by atoms with van der Waals surface area (Å²) in [5.41, 5.74) is 0.136. The molecule has 0 fully saturated rings. The second kappa shape index (κ2) is 8.99. The molecule has 0 bridgehead atoms. The van der Waals surface area contributed by atoms with Gasteiger partial charge in [-0.25, -0.2) is 0 Å². The summed E-state index contributed by atoms with van der Waals surface area (Å²) < 4.78 is 11.3. The topological polar surface area (TPSA) is 119 Å². The van der Waals surface area contributed by atoms with Gasteiger partial charge < -0.3 is 19.9 Å². The Hall–Kier alpha value is -4.17. The minimum Gasteiger partial charge on any atom is -0.507 e. The molecule has 9 heteroatoms. The number of phenolic OH excluding ortho intramolecular Hbond substituents is 1.